The van der Waals surface area contributed by atoms with Gasteiger partial charge in [-0.25, -0.2) is 0 Å². The molecule has 0 saturated heterocycles. The molecule has 0 heterocycles. The Morgan fingerprint density at radius 1 is 1.06 bits per heavy atom. The van der Waals surface area contributed by atoms with Crippen LogP contribution in [-0.4, -0.2) is 31.9 Å². The van der Waals surface area contributed by atoms with Crippen molar-refractivity contribution >= 4 is 28.7 Å². The molecule has 34 heavy (non-hydrogen) atoms. The number of carbonyl (C=O) groups excluding carboxylic acids is 1. The van der Waals surface area contributed by atoms with Crippen LogP contribution >= 0.6 is 0 Å². The van der Waals surface area contributed by atoms with Crippen LogP contribution in [0.3, 0.4) is 0 Å². The van der Waals surface area contributed by atoms with Gasteiger partial charge in [0.15, 0.2) is 0 Å². The summed E-state index contributed by atoms with van der Waals surface area (Å²) in [5.74, 6) is 0.182. The van der Waals surface area contributed by atoms with Gasteiger partial charge in [0.05, 0.1) is 12.1 Å². The van der Waals surface area contributed by atoms with Gasteiger partial charge >= 0.3 is 0 Å². The Morgan fingerprint density at radius 2 is 1.79 bits per heavy atom. The highest BCUT2D eigenvalue weighted by Crippen LogP contribution is 2.29. The molecular formula is C26H29N4O3S-. The Balaban J connectivity index is 1.85. The van der Waals surface area contributed by atoms with Crippen molar-refractivity contribution in [2.45, 2.75) is 26.8 Å². The normalized spacial score (nSPS) is 11.8. The molecule has 3 aromatic rings. The molecule has 0 spiro atoms. The van der Waals surface area contributed by atoms with Gasteiger partial charge in [0, 0.05) is 35.5 Å². The molecule has 0 aliphatic carbocycles. The first-order chi connectivity index (χ1) is 16.2. The molecule has 0 radical (unpaired) electrons. The van der Waals surface area contributed by atoms with Crippen LogP contribution in [0.25, 0.3) is 11.1 Å². The zero-order valence-electron chi connectivity index (χ0n) is 19.3. The van der Waals surface area contributed by atoms with Crippen LogP contribution in [0.15, 0.2) is 72.8 Å². The van der Waals surface area contributed by atoms with Crippen LogP contribution in [0.1, 0.15) is 30.5 Å². The van der Waals surface area contributed by atoms with Gasteiger partial charge in [0.1, 0.15) is 5.84 Å². The van der Waals surface area contributed by atoms with Crippen LogP contribution in [0.2, 0.25) is 0 Å². The highest BCUT2D eigenvalue weighted by atomic mass is 32.2. The fourth-order valence-corrected chi connectivity index (χ4v) is 4.13. The fourth-order valence-electron chi connectivity index (χ4n) is 3.78. The van der Waals surface area contributed by atoms with E-state index in [4.69, 9.17) is 11.1 Å². The smallest absolute Gasteiger partial charge is 0.227 e. The molecule has 1 atom stereocenters. The highest BCUT2D eigenvalue weighted by Gasteiger charge is 2.17. The second-order valence-electron chi connectivity index (χ2n) is 8.54. The highest BCUT2D eigenvalue weighted by molar-refractivity contribution is 7.80. The molecule has 0 saturated carbocycles. The van der Waals surface area contributed by atoms with Crippen LogP contribution in [0, 0.1) is 11.3 Å². The first kappa shape index (κ1) is 25.1. The summed E-state index contributed by atoms with van der Waals surface area (Å²) in [6.45, 7) is 5.07. The van der Waals surface area contributed by atoms with E-state index in [0.29, 0.717) is 29.9 Å². The number of nitrogen functional groups attached to an aromatic ring is 1. The summed E-state index contributed by atoms with van der Waals surface area (Å²) in [6.07, 6.45) is 0.133. The predicted molar refractivity (Wildman–Crippen MR) is 136 cm³/mol. The number of hydrogen-bond acceptors (Lipinski definition) is 4. The van der Waals surface area contributed by atoms with E-state index >= 15 is 0 Å². The number of carbonyl (C=O) groups is 1. The van der Waals surface area contributed by atoms with E-state index in [2.05, 4.69) is 4.72 Å². The van der Waals surface area contributed by atoms with E-state index in [-0.39, 0.29) is 24.1 Å². The molecule has 1 unspecified atom stereocenters. The Bertz CT molecular complexity index is 1180. The molecule has 1 amide bonds. The SMILES string of the molecule is CC(C)CN(Cc1cccc(C(=N)N)c1)C(=O)Cc1ccc(-c2ccccc2)c(NS(=O)[O-])c1. The third-order valence-corrected chi connectivity index (χ3v) is 5.65. The zero-order valence-corrected chi connectivity index (χ0v) is 20.1. The minimum absolute atomic E-state index is 0.0159. The lowest BCUT2D eigenvalue weighted by Crippen LogP contribution is -2.35. The van der Waals surface area contributed by atoms with E-state index in [1.807, 2.05) is 74.5 Å². The van der Waals surface area contributed by atoms with Gasteiger partial charge < -0.3 is 19.9 Å². The predicted octanol–water partition coefficient (Wildman–Crippen LogP) is 4.07. The molecule has 3 aromatic carbocycles. The van der Waals surface area contributed by atoms with Crippen molar-refractivity contribution in [1.82, 2.24) is 4.90 Å². The molecular weight excluding hydrogens is 448 g/mol. The van der Waals surface area contributed by atoms with E-state index in [1.54, 1.807) is 17.0 Å². The summed E-state index contributed by atoms with van der Waals surface area (Å²) in [5.41, 5.74) is 9.87. The molecule has 0 aliphatic heterocycles. The molecule has 3 rings (SSSR count). The summed E-state index contributed by atoms with van der Waals surface area (Å²) in [7, 11) is 0. The fraction of sp³-hybridized carbons (Fsp3) is 0.231. The summed E-state index contributed by atoms with van der Waals surface area (Å²) in [6, 6.07) is 22.2. The maximum atomic E-state index is 13.3. The van der Waals surface area contributed by atoms with Crippen molar-refractivity contribution in [3.63, 3.8) is 0 Å². The number of amidine groups is 1. The second kappa shape index (κ2) is 11.6. The average molecular weight is 478 g/mol. The lowest BCUT2D eigenvalue weighted by Gasteiger charge is -2.25. The number of nitrogens with zero attached hydrogens (tertiary/aromatic N) is 1. The van der Waals surface area contributed by atoms with Crippen molar-refractivity contribution < 1.29 is 13.6 Å². The number of benzene rings is 3. The number of hydrogen-bond donors (Lipinski definition) is 3. The maximum Gasteiger partial charge on any atom is 0.227 e. The molecule has 0 aliphatic rings. The number of nitrogens with one attached hydrogen (secondary N) is 2. The number of nitrogens with two attached hydrogens (primary N) is 1. The van der Waals surface area contributed by atoms with Crippen molar-refractivity contribution in [1.29, 1.82) is 5.41 Å². The van der Waals surface area contributed by atoms with Gasteiger partial charge in [-0.05, 0) is 34.7 Å². The van der Waals surface area contributed by atoms with E-state index in [1.165, 1.54) is 0 Å². The minimum Gasteiger partial charge on any atom is -0.755 e. The first-order valence-electron chi connectivity index (χ1n) is 11.0. The maximum absolute atomic E-state index is 13.3. The average Bonchev–Trinajstić information content (AvgIpc) is 2.79. The monoisotopic (exact) mass is 477 g/mol. The first-order valence-corrected chi connectivity index (χ1v) is 12.1. The van der Waals surface area contributed by atoms with E-state index < -0.39 is 11.3 Å². The van der Waals surface area contributed by atoms with Gasteiger partial charge in [-0.15, -0.1) is 0 Å². The molecule has 0 bridgehead atoms. The largest absolute Gasteiger partial charge is 0.755 e. The van der Waals surface area contributed by atoms with Gasteiger partial charge in [-0.3, -0.25) is 14.4 Å². The molecule has 0 aromatic heterocycles. The third kappa shape index (κ3) is 7.00. The summed E-state index contributed by atoms with van der Waals surface area (Å²) in [5, 5.41) is 7.66. The Kier molecular flexibility index (Phi) is 8.56. The summed E-state index contributed by atoms with van der Waals surface area (Å²) >= 11 is -2.49. The van der Waals surface area contributed by atoms with Gasteiger partial charge in [0.2, 0.25) is 5.91 Å². The topological polar surface area (TPSA) is 122 Å². The van der Waals surface area contributed by atoms with Gasteiger partial charge in [-0.1, -0.05) is 74.5 Å². The van der Waals surface area contributed by atoms with Crippen molar-refractivity contribution in [3.8, 4) is 11.1 Å². The molecule has 8 heteroatoms. The second-order valence-corrected chi connectivity index (χ2v) is 9.22. The Morgan fingerprint density at radius 3 is 2.44 bits per heavy atom. The summed E-state index contributed by atoms with van der Waals surface area (Å²) in [4.78, 5) is 15.1. The van der Waals surface area contributed by atoms with Crippen molar-refractivity contribution in [2.75, 3.05) is 11.3 Å². The van der Waals surface area contributed by atoms with E-state index in [0.717, 1.165) is 16.7 Å². The van der Waals surface area contributed by atoms with E-state index in [9.17, 15) is 13.6 Å². The Labute approximate surface area is 202 Å². The number of rotatable bonds is 10. The van der Waals surface area contributed by atoms with Crippen LogP contribution < -0.4 is 10.5 Å². The molecule has 7 nitrogen and oxygen atoms in total. The summed E-state index contributed by atoms with van der Waals surface area (Å²) < 4.78 is 25.2. The molecule has 0 fully saturated rings. The van der Waals surface area contributed by atoms with Crippen molar-refractivity contribution in [2.24, 2.45) is 11.7 Å². The van der Waals surface area contributed by atoms with Crippen LogP contribution in [-0.2, 0) is 29.0 Å². The zero-order chi connectivity index (χ0) is 24.7. The Hall–Kier alpha value is -3.49. The lowest BCUT2D eigenvalue weighted by atomic mass is 10.00. The van der Waals surface area contributed by atoms with Gasteiger partial charge in [0.25, 0.3) is 0 Å². The van der Waals surface area contributed by atoms with Crippen LogP contribution in [0.4, 0.5) is 5.69 Å². The van der Waals surface area contributed by atoms with Crippen molar-refractivity contribution in [3.05, 3.63) is 89.5 Å². The number of amides is 1. The number of anilines is 1. The standard InChI is InChI=1S/C26H30N4O3S/c1-18(2)16-30(17-20-7-6-10-22(13-20)26(27)28)25(31)15-19-11-12-23(21-8-4-3-5-9-21)24(14-19)29-34(32)33/h3-14,18,29H,15-17H2,1-2H3,(H3,27,28)(H,32,33)/p-1. The lowest BCUT2D eigenvalue weighted by molar-refractivity contribution is -0.131. The third-order valence-electron chi connectivity index (χ3n) is 5.27. The van der Waals surface area contributed by atoms with Crippen LogP contribution in [0.5, 0.6) is 0 Å². The minimum atomic E-state index is -2.49. The quantitative estimate of drug-likeness (QED) is 0.231. The van der Waals surface area contributed by atoms with Gasteiger partial charge in [-0.2, -0.15) is 0 Å². The molecule has 178 valence electrons. The molecule has 4 N–H and O–H groups in total.